The Kier molecular flexibility index (Phi) is 7.54. The molecule has 0 bridgehead atoms. The first kappa shape index (κ1) is 22.5. The lowest BCUT2D eigenvalue weighted by molar-refractivity contribution is 0.0599. The molecule has 0 saturated carbocycles. The Bertz CT molecular complexity index is 1150. The van der Waals surface area contributed by atoms with E-state index in [0.717, 1.165) is 11.1 Å². The molecule has 162 valence electrons. The summed E-state index contributed by atoms with van der Waals surface area (Å²) in [6.07, 6.45) is 2.02. The highest BCUT2D eigenvalue weighted by molar-refractivity contribution is 6.15. The zero-order chi connectivity index (χ0) is 22.9. The summed E-state index contributed by atoms with van der Waals surface area (Å²) in [5, 5.41) is 11.3. The first-order valence-corrected chi connectivity index (χ1v) is 10.2. The first-order chi connectivity index (χ1) is 15.5. The van der Waals surface area contributed by atoms with Crippen LogP contribution in [0.2, 0.25) is 0 Å². The van der Waals surface area contributed by atoms with Crippen LogP contribution in [-0.2, 0) is 11.2 Å². The number of benzene rings is 3. The average molecular weight is 428 g/mol. The molecule has 6 nitrogen and oxygen atoms in total. The van der Waals surface area contributed by atoms with Crippen molar-refractivity contribution >= 4 is 23.3 Å². The van der Waals surface area contributed by atoms with Crippen molar-refractivity contribution in [3.8, 4) is 0 Å². The molecule has 0 heterocycles. The summed E-state index contributed by atoms with van der Waals surface area (Å²) < 4.78 is 4.81. The van der Waals surface area contributed by atoms with E-state index in [1.165, 1.54) is 7.11 Å². The fourth-order valence-corrected chi connectivity index (χ4v) is 3.32. The summed E-state index contributed by atoms with van der Waals surface area (Å²) in [5.41, 5.74) is 9.68. The van der Waals surface area contributed by atoms with Gasteiger partial charge in [0.15, 0.2) is 0 Å². The van der Waals surface area contributed by atoms with Crippen molar-refractivity contribution in [2.75, 3.05) is 13.7 Å². The molecular weight excluding hydrogens is 402 g/mol. The molecule has 32 heavy (non-hydrogen) atoms. The standard InChI is InChI=1S/C26H25N3O3/c1-32-26(31)20-12-6-5-9-18(20)15-16-29-25(30)22-14-8-7-13-21(22)24(28)17-23(27)19-10-3-2-4-11-19/h2-14,17,28H,15-16,27H2,1H3,(H,29,30)/b23-17-,28-24?. The van der Waals surface area contributed by atoms with E-state index in [2.05, 4.69) is 5.32 Å². The Labute approximate surface area is 187 Å². The van der Waals surface area contributed by atoms with Crippen LogP contribution in [0.5, 0.6) is 0 Å². The van der Waals surface area contributed by atoms with Crippen LogP contribution < -0.4 is 11.1 Å². The van der Waals surface area contributed by atoms with Gasteiger partial charge in [-0.25, -0.2) is 4.79 Å². The number of methoxy groups -OCH3 is 1. The Balaban J connectivity index is 1.71. The molecular formula is C26H25N3O3. The van der Waals surface area contributed by atoms with Crippen LogP contribution >= 0.6 is 0 Å². The quantitative estimate of drug-likeness (QED) is 0.375. The topological polar surface area (TPSA) is 105 Å². The molecule has 1 amide bonds. The third-order valence-electron chi connectivity index (χ3n) is 4.97. The molecule has 6 heteroatoms. The van der Waals surface area contributed by atoms with Crippen molar-refractivity contribution in [2.24, 2.45) is 5.73 Å². The van der Waals surface area contributed by atoms with Crippen molar-refractivity contribution in [3.63, 3.8) is 0 Å². The van der Waals surface area contributed by atoms with E-state index in [1.54, 1.807) is 42.5 Å². The van der Waals surface area contributed by atoms with Gasteiger partial charge in [0.1, 0.15) is 0 Å². The molecule has 0 aliphatic carbocycles. The molecule has 0 radical (unpaired) electrons. The van der Waals surface area contributed by atoms with Gasteiger partial charge in [0.2, 0.25) is 0 Å². The number of amides is 1. The van der Waals surface area contributed by atoms with Gasteiger partial charge in [0.25, 0.3) is 5.91 Å². The molecule has 0 atom stereocenters. The van der Waals surface area contributed by atoms with Gasteiger partial charge in [-0.15, -0.1) is 0 Å². The van der Waals surface area contributed by atoms with Crippen LogP contribution in [0, 0.1) is 5.41 Å². The fourth-order valence-electron chi connectivity index (χ4n) is 3.32. The number of ether oxygens (including phenoxy) is 1. The Hall–Kier alpha value is -4.19. The van der Waals surface area contributed by atoms with E-state index in [0.29, 0.717) is 35.4 Å². The van der Waals surface area contributed by atoms with Crippen molar-refractivity contribution in [1.82, 2.24) is 5.32 Å². The summed E-state index contributed by atoms with van der Waals surface area (Å²) in [4.78, 5) is 24.8. The molecule has 0 fully saturated rings. The first-order valence-electron chi connectivity index (χ1n) is 10.2. The number of carbonyl (C=O) groups is 2. The van der Waals surface area contributed by atoms with E-state index >= 15 is 0 Å². The monoisotopic (exact) mass is 427 g/mol. The molecule has 0 spiro atoms. The third-order valence-corrected chi connectivity index (χ3v) is 4.97. The number of allylic oxidation sites excluding steroid dienone is 1. The van der Waals surface area contributed by atoms with Crippen LogP contribution in [-0.4, -0.2) is 31.2 Å². The molecule has 3 aromatic rings. The minimum atomic E-state index is -0.409. The third kappa shape index (κ3) is 5.49. The highest BCUT2D eigenvalue weighted by Gasteiger charge is 2.15. The van der Waals surface area contributed by atoms with E-state index in [4.69, 9.17) is 15.9 Å². The largest absolute Gasteiger partial charge is 0.465 e. The van der Waals surface area contributed by atoms with Gasteiger partial charge < -0.3 is 21.2 Å². The normalized spacial score (nSPS) is 11.0. The SMILES string of the molecule is COC(=O)c1ccccc1CCNC(=O)c1ccccc1C(=N)/C=C(\N)c1ccccc1. The molecule has 0 unspecified atom stereocenters. The minimum absolute atomic E-state index is 0.146. The highest BCUT2D eigenvalue weighted by Crippen LogP contribution is 2.15. The molecule has 3 aromatic carbocycles. The van der Waals surface area contributed by atoms with E-state index in [1.807, 2.05) is 42.5 Å². The molecule has 0 aliphatic rings. The molecule has 3 rings (SSSR count). The molecule has 0 aromatic heterocycles. The van der Waals surface area contributed by atoms with Gasteiger partial charge in [-0.3, -0.25) is 4.79 Å². The van der Waals surface area contributed by atoms with Crippen LogP contribution in [0.1, 0.15) is 37.4 Å². The highest BCUT2D eigenvalue weighted by atomic mass is 16.5. The summed E-state index contributed by atoms with van der Waals surface area (Å²) in [6, 6.07) is 23.4. The van der Waals surface area contributed by atoms with Crippen LogP contribution in [0.25, 0.3) is 5.70 Å². The molecule has 0 aliphatic heterocycles. The number of hydrogen-bond donors (Lipinski definition) is 3. The van der Waals surface area contributed by atoms with Gasteiger partial charge in [0, 0.05) is 23.4 Å². The predicted octanol–water partition coefficient (Wildman–Crippen LogP) is 3.81. The maximum absolute atomic E-state index is 12.8. The molecule has 4 N–H and O–H groups in total. The number of rotatable bonds is 8. The zero-order valence-electron chi connectivity index (χ0n) is 17.8. The number of nitrogens with two attached hydrogens (primary N) is 1. The number of hydrogen-bond acceptors (Lipinski definition) is 5. The number of carbonyl (C=O) groups excluding carboxylic acids is 2. The van der Waals surface area contributed by atoms with Gasteiger partial charge in [-0.2, -0.15) is 0 Å². The van der Waals surface area contributed by atoms with Crippen molar-refractivity contribution in [1.29, 1.82) is 5.41 Å². The van der Waals surface area contributed by atoms with E-state index in [9.17, 15) is 9.59 Å². The van der Waals surface area contributed by atoms with Gasteiger partial charge >= 0.3 is 5.97 Å². The second-order valence-corrected chi connectivity index (χ2v) is 7.08. The second kappa shape index (κ2) is 10.7. The Morgan fingerprint density at radius 3 is 2.19 bits per heavy atom. The van der Waals surface area contributed by atoms with Gasteiger partial charge in [-0.05, 0) is 35.8 Å². The van der Waals surface area contributed by atoms with Gasteiger partial charge in [0.05, 0.1) is 18.4 Å². The second-order valence-electron chi connectivity index (χ2n) is 7.08. The number of esters is 1. The Morgan fingerprint density at radius 1 is 0.906 bits per heavy atom. The maximum Gasteiger partial charge on any atom is 0.338 e. The predicted molar refractivity (Wildman–Crippen MR) is 126 cm³/mol. The number of nitrogens with one attached hydrogen (secondary N) is 2. The van der Waals surface area contributed by atoms with Crippen LogP contribution in [0.4, 0.5) is 0 Å². The fraction of sp³-hybridized carbons (Fsp3) is 0.115. The van der Waals surface area contributed by atoms with E-state index < -0.39 is 5.97 Å². The summed E-state index contributed by atoms with van der Waals surface area (Å²) in [5.74, 6) is -0.707. The summed E-state index contributed by atoms with van der Waals surface area (Å²) >= 11 is 0. The Morgan fingerprint density at radius 2 is 1.50 bits per heavy atom. The summed E-state index contributed by atoms with van der Waals surface area (Å²) in [7, 11) is 1.34. The molecule has 0 saturated heterocycles. The smallest absolute Gasteiger partial charge is 0.338 e. The lowest BCUT2D eigenvalue weighted by atomic mass is 10.00. The maximum atomic E-state index is 12.8. The van der Waals surface area contributed by atoms with Crippen molar-refractivity contribution in [3.05, 3.63) is 113 Å². The summed E-state index contributed by atoms with van der Waals surface area (Å²) in [6.45, 7) is 0.330. The van der Waals surface area contributed by atoms with Crippen LogP contribution in [0.15, 0.2) is 84.9 Å². The van der Waals surface area contributed by atoms with Crippen molar-refractivity contribution in [2.45, 2.75) is 6.42 Å². The van der Waals surface area contributed by atoms with Crippen LogP contribution in [0.3, 0.4) is 0 Å². The van der Waals surface area contributed by atoms with E-state index in [-0.39, 0.29) is 11.6 Å². The lowest BCUT2D eigenvalue weighted by Crippen LogP contribution is -2.27. The van der Waals surface area contributed by atoms with Gasteiger partial charge in [-0.1, -0.05) is 66.7 Å². The zero-order valence-corrected chi connectivity index (χ0v) is 17.8. The lowest BCUT2D eigenvalue weighted by Gasteiger charge is -2.11. The minimum Gasteiger partial charge on any atom is -0.465 e. The van der Waals surface area contributed by atoms with Crippen molar-refractivity contribution < 1.29 is 14.3 Å². The average Bonchev–Trinajstić information content (AvgIpc) is 2.84.